The molecular formula is C28H20Cl2N4O2. The maximum atomic E-state index is 12.7. The van der Waals surface area contributed by atoms with Crippen LogP contribution in [0.3, 0.4) is 0 Å². The number of carbonyl (C=O) groups excluding carboxylic acids is 2. The van der Waals surface area contributed by atoms with E-state index >= 15 is 0 Å². The van der Waals surface area contributed by atoms with Gasteiger partial charge in [0, 0.05) is 32.3 Å². The van der Waals surface area contributed by atoms with E-state index in [0.717, 1.165) is 0 Å². The minimum atomic E-state index is -0.419. The van der Waals surface area contributed by atoms with Crippen LogP contribution in [0.25, 0.3) is 0 Å². The van der Waals surface area contributed by atoms with Gasteiger partial charge in [0.05, 0.1) is 0 Å². The molecule has 8 heteroatoms. The molecule has 4 rings (SSSR count). The van der Waals surface area contributed by atoms with Gasteiger partial charge in [0.2, 0.25) is 0 Å². The summed E-state index contributed by atoms with van der Waals surface area (Å²) in [6.07, 6.45) is 0. The molecule has 4 aromatic rings. The van der Waals surface area contributed by atoms with Crippen LogP contribution in [-0.4, -0.2) is 23.2 Å². The Morgan fingerprint density at radius 3 is 1.14 bits per heavy atom. The summed E-state index contributed by atoms with van der Waals surface area (Å²) in [7, 11) is 0. The summed E-state index contributed by atoms with van der Waals surface area (Å²) in [5.74, 6) is -0.838. The summed E-state index contributed by atoms with van der Waals surface area (Å²) in [6, 6.07) is 31.4. The van der Waals surface area contributed by atoms with Crippen molar-refractivity contribution in [3.05, 3.63) is 141 Å². The van der Waals surface area contributed by atoms with Gasteiger partial charge in [-0.3, -0.25) is 9.59 Å². The van der Waals surface area contributed by atoms with Gasteiger partial charge in [-0.2, -0.15) is 10.2 Å². The Balaban J connectivity index is 1.72. The van der Waals surface area contributed by atoms with Crippen LogP contribution in [0, 0.1) is 0 Å². The first-order valence-corrected chi connectivity index (χ1v) is 11.7. The van der Waals surface area contributed by atoms with Crippen LogP contribution in [0.5, 0.6) is 0 Å². The molecule has 6 nitrogen and oxygen atoms in total. The molecule has 0 atom stereocenters. The number of rotatable bonds is 7. The van der Waals surface area contributed by atoms with Crippen molar-refractivity contribution in [2.75, 3.05) is 0 Å². The van der Waals surface area contributed by atoms with E-state index in [1.165, 1.54) is 0 Å². The number of carbonyl (C=O) groups is 2. The fraction of sp³-hybridized carbons (Fsp3) is 0. The van der Waals surface area contributed by atoms with Crippen LogP contribution in [0.4, 0.5) is 0 Å². The van der Waals surface area contributed by atoms with Crippen molar-refractivity contribution in [1.82, 2.24) is 10.9 Å². The molecule has 0 aliphatic heterocycles. The van der Waals surface area contributed by atoms with E-state index < -0.39 is 11.8 Å². The third-order valence-electron chi connectivity index (χ3n) is 5.07. The lowest BCUT2D eigenvalue weighted by atomic mass is 10.00. The number of amides is 2. The Morgan fingerprint density at radius 2 is 0.806 bits per heavy atom. The van der Waals surface area contributed by atoms with Gasteiger partial charge in [-0.1, -0.05) is 83.9 Å². The lowest BCUT2D eigenvalue weighted by molar-refractivity contribution is 0.0946. The molecule has 0 aromatic heterocycles. The van der Waals surface area contributed by atoms with Gasteiger partial charge < -0.3 is 0 Å². The van der Waals surface area contributed by atoms with Gasteiger partial charge in [-0.05, 0) is 48.5 Å². The first kappa shape index (κ1) is 24.9. The summed E-state index contributed by atoms with van der Waals surface area (Å²) in [4.78, 5) is 25.5. The van der Waals surface area contributed by atoms with Crippen molar-refractivity contribution in [3.8, 4) is 0 Å². The maximum Gasteiger partial charge on any atom is 0.271 e. The first-order valence-electron chi connectivity index (χ1n) is 10.9. The predicted octanol–water partition coefficient (Wildman–Crippen LogP) is 5.96. The van der Waals surface area contributed by atoms with Crippen LogP contribution >= 0.6 is 23.2 Å². The fourth-order valence-corrected chi connectivity index (χ4v) is 3.50. The Kier molecular flexibility index (Phi) is 8.24. The van der Waals surface area contributed by atoms with Gasteiger partial charge in [-0.25, -0.2) is 10.9 Å². The van der Waals surface area contributed by atoms with Gasteiger partial charge in [0.25, 0.3) is 11.8 Å². The highest BCUT2D eigenvalue weighted by Crippen LogP contribution is 2.13. The third kappa shape index (κ3) is 6.44. The highest BCUT2D eigenvalue weighted by molar-refractivity contribution is 6.53. The number of hydrogen-bond acceptors (Lipinski definition) is 4. The molecule has 2 N–H and O–H groups in total. The molecule has 0 unspecified atom stereocenters. The number of benzene rings is 4. The molecule has 0 radical (unpaired) electrons. The number of nitrogens with one attached hydrogen (secondary N) is 2. The first-order chi connectivity index (χ1) is 17.5. The highest BCUT2D eigenvalue weighted by Gasteiger charge is 2.17. The summed E-state index contributed by atoms with van der Waals surface area (Å²) in [5, 5.41) is 9.88. The molecule has 4 aromatic carbocycles. The van der Waals surface area contributed by atoms with Crippen LogP contribution in [0.15, 0.2) is 119 Å². The molecule has 178 valence electrons. The van der Waals surface area contributed by atoms with E-state index in [1.54, 1.807) is 48.5 Å². The fourth-order valence-electron chi connectivity index (χ4n) is 3.25. The Labute approximate surface area is 218 Å². The van der Waals surface area contributed by atoms with Crippen molar-refractivity contribution in [3.63, 3.8) is 0 Å². The van der Waals surface area contributed by atoms with E-state index in [-0.39, 0.29) is 0 Å². The van der Waals surface area contributed by atoms with Crippen molar-refractivity contribution < 1.29 is 9.59 Å². The number of halogens is 2. The Bertz CT molecular complexity index is 1290. The SMILES string of the molecule is O=C(N/N=C(/C(=N/NC(=O)c1ccc(Cl)cc1)c1ccccc1)c1ccccc1)c1ccc(Cl)cc1. The molecule has 0 aliphatic rings. The zero-order valence-electron chi connectivity index (χ0n) is 18.9. The molecule has 0 saturated heterocycles. The normalized spacial score (nSPS) is 11.6. The van der Waals surface area contributed by atoms with Crippen molar-refractivity contribution in [2.45, 2.75) is 0 Å². The predicted molar refractivity (Wildman–Crippen MR) is 144 cm³/mol. The zero-order chi connectivity index (χ0) is 25.3. The van der Waals surface area contributed by atoms with Gasteiger partial charge in [0.1, 0.15) is 11.4 Å². The quantitative estimate of drug-likeness (QED) is 0.235. The summed E-state index contributed by atoms with van der Waals surface area (Å²) >= 11 is 11.9. The van der Waals surface area contributed by atoms with E-state index in [9.17, 15) is 9.59 Å². The number of nitrogens with zero attached hydrogens (tertiary/aromatic N) is 2. The molecule has 0 spiro atoms. The lowest BCUT2D eigenvalue weighted by Gasteiger charge is -2.12. The van der Waals surface area contributed by atoms with Crippen molar-refractivity contribution >= 4 is 46.4 Å². The average molecular weight is 515 g/mol. The molecule has 36 heavy (non-hydrogen) atoms. The molecule has 0 heterocycles. The summed E-state index contributed by atoms with van der Waals surface area (Å²) in [6.45, 7) is 0. The topological polar surface area (TPSA) is 82.9 Å². The van der Waals surface area contributed by atoms with E-state index in [4.69, 9.17) is 23.2 Å². The van der Waals surface area contributed by atoms with Crippen molar-refractivity contribution in [1.29, 1.82) is 0 Å². The third-order valence-corrected chi connectivity index (χ3v) is 5.57. The van der Waals surface area contributed by atoms with Crippen molar-refractivity contribution in [2.24, 2.45) is 10.2 Å². The smallest absolute Gasteiger partial charge is 0.267 e. The minimum absolute atomic E-state index is 0.362. The molecular weight excluding hydrogens is 495 g/mol. The number of hydrogen-bond donors (Lipinski definition) is 2. The second kappa shape index (κ2) is 11.9. The molecule has 2 amide bonds. The van der Waals surface area contributed by atoms with E-state index in [0.29, 0.717) is 43.7 Å². The highest BCUT2D eigenvalue weighted by atomic mass is 35.5. The molecule has 0 aliphatic carbocycles. The van der Waals surface area contributed by atoms with Gasteiger partial charge >= 0.3 is 0 Å². The van der Waals surface area contributed by atoms with E-state index in [2.05, 4.69) is 21.1 Å². The van der Waals surface area contributed by atoms with Crippen LogP contribution in [0.1, 0.15) is 31.8 Å². The van der Waals surface area contributed by atoms with Crippen LogP contribution in [0.2, 0.25) is 10.0 Å². The summed E-state index contributed by atoms with van der Waals surface area (Å²) < 4.78 is 0. The molecule has 0 saturated carbocycles. The standard InChI is InChI=1S/C28H20Cl2N4O2/c29-23-15-11-21(12-16-23)27(35)33-31-25(19-7-3-1-4-8-19)26(20-9-5-2-6-10-20)32-34-28(36)22-13-17-24(30)18-14-22/h1-18H,(H,33,35)(H,34,36)/b31-25+,32-26+. The van der Waals surface area contributed by atoms with E-state index in [1.807, 2.05) is 60.7 Å². The second-order valence-corrected chi connectivity index (χ2v) is 8.42. The molecule has 0 fully saturated rings. The van der Waals surface area contributed by atoms with Crippen LogP contribution in [-0.2, 0) is 0 Å². The monoisotopic (exact) mass is 514 g/mol. The Hall–Kier alpha value is -4.26. The number of hydrazone groups is 2. The Morgan fingerprint density at radius 1 is 0.472 bits per heavy atom. The van der Waals surface area contributed by atoms with Crippen LogP contribution < -0.4 is 10.9 Å². The minimum Gasteiger partial charge on any atom is -0.267 e. The maximum absolute atomic E-state index is 12.7. The van der Waals surface area contributed by atoms with Gasteiger partial charge in [-0.15, -0.1) is 0 Å². The van der Waals surface area contributed by atoms with Gasteiger partial charge in [0.15, 0.2) is 0 Å². The average Bonchev–Trinajstić information content (AvgIpc) is 2.92. The zero-order valence-corrected chi connectivity index (χ0v) is 20.4. The summed E-state index contributed by atoms with van der Waals surface area (Å²) in [5.41, 5.74) is 8.07. The lowest BCUT2D eigenvalue weighted by Crippen LogP contribution is -2.28. The molecule has 0 bridgehead atoms. The second-order valence-electron chi connectivity index (χ2n) is 7.55. The largest absolute Gasteiger partial charge is 0.271 e.